The van der Waals surface area contributed by atoms with Gasteiger partial charge in [-0.25, -0.2) is 0 Å². The number of aliphatic hydroxyl groups excluding tert-OH is 1. The molecule has 0 atom stereocenters. The summed E-state index contributed by atoms with van der Waals surface area (Å²) >= 11 is 0. The van der Waals surface area contributed by atoms with Gasteiger partial charge >= 0.3 is 5.97 Å². The molecule has 4 N–H and O–H groups in total. The molecule has 0 rings (SSSR count). The maximum Gasteiger partial charge on any atom is 0.303 e. The van der Waals surface area contributed by atoms with Crippen LogP contribution >= 0.6 is 0 Å². The molecule has 0 radical (unpaired) electrons. The maximum atomic E-state index is 10.2. The Morgan fingerprint density at radius 3 is 2.00 bits per heavy atom. The van der Waals surface area contributed by atoms with Crippen LogP contribution in [0.1, 0.15) is 51.4 Å². The van der Waals surface area contributed by atoms with Gasteiger partial charge in [0.15, 0.2) is 0 Å². The second-order valence-corrected chi connectivity index (χ2v) is 3.85. The number of hydrogen-bond acceptors (Lipinski definition) is 3. The highest BCUT2D eigenvalue weighted by molar-refractivity contribution is 5.66. The standard InChI is InChI=1S/C11H20O2.C2H7NO/c1-2-3-4-5-6-7-8-9-10-11(12)13;3-1-2-4/h2H,1,3-10H2,(H,12,13);4H,1-3H2. The van der Waals surface area contributed by atoms with Crippen molar-refractivity contribution in [2.45, 2.75) is 51.4 Å². The van der Waals surface area contributed by atoms with Gasteiger partial charge in [-0.05, 0) is 19.3 Å². The molecule has 0 aromatic carbocycles. The number of nitrogens with two attached hydrogens (primary N) is 1. The van der Waals surface area contributed by atoms with Gasteiger partial charge in [-0.1, -0.05) is 31.8 Å². The maximum absolute atomic E-state index is 10.2. The van der Waals surface area contributed by atoms with Crippen molar-refractivity contribution in [3.05, 3.63) is 12.7 Å². The summed E-state index contributed by atoms with van der Waals surface area (Å²) in [7, 11) is 0. The molecule has 102 valence electrons. The van der Waals surface area contributed by atoms with Crippen LogP contribution in [-0.2, 0) is 4.79 Å². The first-order valence-corrected chi connectivity index (χ1v) is 6.32. The Morgan fingerprint density at radius 1 is 1.12 bits per heavy atom. The number of carbonyl (C=O) groups is 1. The van der Waals surface area contributed by atoms with E-state index in [1.54, 1.807) is 0 Å². The fourth-order valence-corrected chi connectivity index (χ4v) is 1.27. The number of rotatable bonds is 10. The Labute approximate surface area is 105 Å². The molecule has 0 bridgehead atoms. The number of carboxylic acids is 1. The van der Waals surface area contributed by atoms with Crippen LogP contribution in [-0.4, -0.2) is 29.3 Å². The third-order valence-corrected chi connectivity index (χ3v) is 2.18. The number of carboxylic acid groups (broad SMARTS) is 1. The third-order valence-electron chi connectivity index (χ3n) is 2.18. The molecule has 0 aliphatic rings. The average Bonchev–Trinajstić information content (AvgIpc) is 2.32. The van der Waals surface area contributed by atoms with Crippen LogP contribution < -0.4 is 5.73 Å². The van der Waals surface area contributed by atoms with Crippen LogP contribution in [0.4, 0.5) is 0 Å². The molecule has 0 saturated carbocycles. The summed E-state index contributed by atoms with van der Waals surface area (Å²) in [4.78, 5) is 10.2. The van der Waals surface area contributed by atoms with Crippen molar-refractivity contribution in [2.24, 2.45) is 5.73 Å². The molecule has 0 unspecified atom stereocenters. The normalized spacial score (nSPS) is 9.29. The van der Waals surface area contributed by atoms with Crippen LogP contribution in [0.3, 0.4) is 0 Å². The fourth-order valence-electron chi connectivity index (χ4n) is 1.27. The monoisotopic (exact) mass is 245 g/mol. The van der Waals surface area contributed by atoms with E-state index in [9.17, 15) is 4.79 Å². The lowest BCUT2D eigenvalue weighted by Crippen LogP contribution is -2.02. The summed E-state index contributed by atoms with van der Waals surface area (Å²) in [6.45, 7) is 4.13. The van der Waals surface area contributed by atoms with E-state index in [-0.39, 0.29) is 6.61 Å². The predicted octanol–water partition coefficient (Wildman–Crippen LogP) is 2.32. The Balaban J connectivity index is 0. The Bertz CT molecular complexity index is 170. The SMILES string of the molecule is C=CCCCCCCCCC(=O)O.NCCO. The van der Waals surface area contributed by atoms with E-state index in [2.05, 4.69) is 6.58 Å². The number of unbranched alkanes of at least 4 members (excludes halogenated alkanes) is 6. The number of hydrogen-bond donors (Lipinski definition) is 3. The first-order valence-electron chi connectivity index (χ1n) is 6.32. The van der Waals surface area contributed by atoms with Crippen LogP contribution in [0.15, 0.2) is 12.7 Å². The first kappa shape index (κ1) is 18.5. The number of allylic oxidation sites excluding steroid dienone is 1. The molecular formula is C13H27NO3. The van der Waals surface area contributed by atoms with Gasteiger partial charge in [0.2, 0.25) is 0 Å². The van der Waals surface area contributed by atoms with E-state index in [0.717, 1.165) is 19.3 Å². The van der Waals surface area contributed by atoms with Crippen molar-refractivity contribution < 1.29 is 15.0 Å². The van der Waals surface area contributed by atoms with Crippen LogP contribution in [0.5, 0.6) is 0 Å². The van der Waals surface area contributed by atoms with Gasteiger partial charge in [0.05, 0.1) is 6.61 Å². The van der Waals surface area contributed by atoms with E-state index >= 15 is 0 Å². The van der Waals surface area contributed by atoms with Gasteiger partial charge < -0.3 is 15.9 Å². The highest BCUT2D eigenvalue weighted by Crippen LogP contribution is 2.08. The van der Waals surface area contributed by atoms with Crippen molar-refractivity contribution in [2.75, 3.05) is 13.2 Å². The summed E-state index contributed by atoms with van der Waals surface area (Å²) in [6, 6.07) is 0. The van der Waals surface area contributed by atoms with Gasteiger partial charge in [0.1, 0.15) is 0 Å². The van der Waals surface area contributed by atoms with Crippen molar-refractivity contribution in [3.63, 3.8) is 0 Å². The van der Waals surface area contributed by atoms with Crippen molar-refractivity contribution in [3.8, 4) is 0 Å². The zero-order valence-corrected chi connectivity index (χ0v) is 10.7. The Hall–Kier alpha value is -0.870. The lowest BCUT2D eigenvalue weighted by atomic mass is 10.1. The minimum atomic E-state index is -0.674. The predicted molar refractivity (Wildman–Crippen MR) is 70.9 cm³/mol. The molecule has 0 aromatic rings. The van der Waals surface area contributed by atoms with Crippen LogP contribution in [0.25, 0.3) is 0 Å². The second kappa shape index (κ2) is 17.5. The molecule has 0 fully saturated rings. The summed E-state index contributed by atoms with van der Waals surface area (Å²) in [5.74, 6) is -0.674. The summed E-state index contributed by atoms with van der Waals surface area (Å²) in [5, 5.41) is 16.1. The molecule has 17 heavy (non-hydrogen) atoms. The van der Waals surface area contributed by atoms with Gasteiger partial charge in [-0.15, -0.1) is 6.58 Å². The van der Waals surface area contributed by atoms with Gasteiger partial charge in [0, 0.05) is 13.0 Å². The van der Waals surface area contributed by atoms with Gasteiger partial charge in [-0.3, -0.25) is 4.79 Å². The minimum Gasteiger partial charge on any atom is -0.481 e. The molecule has 0 aliphatic heterocycles. The Morgan fingerprint density at radius 2 is 1.59 bits per heavy atom. The van der Waals surface area contributed by atoms with E-state index in [0.29, 0.717) is 13.0 Å². The van der Waals surface area contributed by atoms with Gasteiger partial charge in [0.25, 0.3) is 0 Å². The topological polar surface area (TPSA) is 83.5 Å². The molecule has 0 aliphatic carbocycles. The van der Waals surface area contributed by atoms with Crippen LogP contribution in [0, 0.1) is 0 Å². The molecule has 4 heteroatoms. The second-order valence-electron chi connectivity index (χ2n) is 3.85. The van der Waals surface area contributed by atoms with E-state index in [1.165, 1.54) is 25.7 Å². The quantitative estimate of drug-likeness (QED) is 0.407. The summed E-state index contributed by atoms with van der Waals surface area (Å²) in [5.41, 5.74) is 4.78. The Kier molecular flexibility index (Phi) is 19.1. The third kappa shape index (κ3) is 25.4. The molecule has 0 heterocycles. The van der Waals surface area contributed by atoms with Crippen molar-refractivity contribution in [1.82, 2.24) is 0 Å². The zero-order valence-electron chi connectivity index (χ0n) is 10.7. The number of aliphatic carboxylic acids is 1. The lowest BCUT2D eigenvalue weighted by Gasteiger charge is -1.98. The van der Waals surface area contributed by atoms with E-state index < -0.39 is 5.97 Å². The molecule has 0 saturated heterocycles. The summed E-state index contributed by atoms with van der Waals surface area (Å²) < 4.78 is 0. The first-order chi connectivity index (χ1) is 8.18. The largest absolute Gasteiger partial charge is 0.481 e. The van der Waals surface area contributed by atoms with E-state index in [1.807, 2.05) is 6.08 Å². The molecule has 0 amide bonds. The highest BCUT2D eigenvalue weighted by atomic mass is 16.4. The smallest absolute Gasteiger partial charge is 0.303 e. The van der Waals surface area contributed by atoms with Crippen molar-refractivity contribution in [1.29, 1.82) is 0 Å². The van der Waals surface area contributed by atoms with Crippen LogP contribution in [0.2, 0.25) is 0 Å². The van der Waals surface area contributed by atoms with E-state index in [4.69, 9.17) is 15.9 Å². The fraction of sp³-hybridized carbons (Fsp3) is 0.769. The minimum absolute atomic E-state index is 0.0972. The molecule has 4 nitrogen and oxygen atoms in total. The average molecular weight is 245 g/mol. The molecule has 0 spiro atoms. The summed E-state index contributed by atoms with van der Waals surface area (Å²) in [6.07, 6.45) is 10.1. The zero-order chi connectivity index (χ0) is 13.4. The van der Waals surface area contributed by atoms with Gasteiger partial charge in [-0.2, -0.15) is 0 Å². The molecule has 0 aromatic heterocycles. The number of aliphatic hydroxyl groups is 1. The lowest BCUT2D eigenvalue weighted by molar-refractivity contribution is -0.137. The molecular weight excluding hydrogens is 218 g/mol. The van der Waals surface area contributed by atoms with Crippen molar-refractivity contribution >= 4 is 5.97 Å². The highest BCUT2D eigenvalue weighted by Gasteiger charge is 1.95.